The van der Waals surface area contributed by atoms with Gasteiger partial charge < -0.3 is 21.1 Å². The molecule has 0 heterocycles. The molecule has 0 amide bonds. The van der Waals surface area contributed by atoms with Crippen LogP contribution in [0.2, 0.25) is 5.02 Å². The van der Waals surface area contributed by atoms with Crippen LogP contribution in [0.1, 0.15) is 29.5 Å². The first-order valence-electron chi connectivity index (χ1n) is 6.71. The standard InChI is InChI=1S/C16H18ClNO3/c1-2-11-12(7-14(20)16(21)15(11)17)13(8-18)9-3-5-10(19)6-4-9/h3-7,13,19-21H,2,8,18H2,1H3. The molecule has 0 aromatic heterocycles. The van der Waals surface area contributed by atoms with Crippen molar-refractivity contribution in [3.63, 3.8) is 0 Å². The van der Waals surface area contributed by atoms with Gasteiger partial charge in [0.15, 0.2) is 11.5 Å². The molecule has 21 heavy (non-hydrogen) atoms. The number of phenols is 3. The van der Waals surface area contributed by atoms with E-state index < -0.39 is 0 Å². The predicted octanol–water partition coefficient (Wildman–Crippen LogP) is 3.11. The number of benzene rings is 2. The lowest BCUT2D eigenvalue weighted by Gasteiger charge is -2.21. The molecular formula is C16H18ClNO3. The lowest BCUT2D eigenvalue weighted by atomic mass is 9.87. The first-order valence-corrected chi connectivity index (χ1v) is 7.09. The molecule has 0 spiro atoms. The van der Waals surface area contributed by atoms with Crippen LogP contribution in [-0.2, 0) is 6.42 Å². The molecular weight excluding hydrogens is 290 g/mol. The van der Waals surface area contributed by atoms with Gasteiger partial charge >= 0.3 is 0 Å². The molecule has 5 N–H and O–H groups in total. The normalized spacial score (nSPS) is 12.3. The highest BCUT2D eigenvalue weighted by atomic mass is 35.5. The highest BCUT2D eigenvalue weighted by Crippen LogP contribution is 2.42. The molecule has 0 aliphatic carbocycles. The summed E-state index contributed by atoms with van der Waals surface area (Å²) >= 11 is 6.13. The zero-order valence-electron chi connectivity index (χ0n) is 11.7. The molecule has 4 nitrogen and oxygen atoms in total. The Labute approximate surface area is 128 Å². The molecule has 2 aromatic rings. The molecule has 0 bridgehead atoms. The monoisotopic (exact) mass is 307 g/mol. The highest BCUT2D eigenvalue weighted by Gasteiger charge is 2.21. The largest absolute Gasteiger partial charge is 0.508 e. The van der Waals surface area contributed by atoms with Crippen LogP contribution in [0.25, 0.3) is 0 Å². The van der Waals surface area contributed by atoms with Crippen LogP contribution < -0.4 is 5.73 Å². The summed E-state index contributed by atoms with van der Waals surface area (Å²) in [4.78, 5) is 0. The van der Waals surface area contributed by atoms with Crippen LogP contribution in [0, 0.1) is 0 Å². The maximum absolute atomic E-state index is 9.82. The highest BCUT2D eigenvalue weighted by molar-refractivity contribution is 6.33. The van der Waals surface area contributed by atoms with Gasteiger partial charge in [-0.05, 0) is 41.3 Å². The Morgan fingerprint density at radius 3 is 2.29 bits per heavy atom. The van der Waals surface area contributed by atoms with Crippen molar-refractivity contribution >= 4 is 11.6 Å². The zero-order chi connectivity index (χ0) is 15.6. The van der Waals surface area contributed by atoms with Gasteiger partial charge in [-0.1, -0.05) is 30.7 Å². The summed E-state index contributed by atoms with van der Waals surface area (Å²) in [7, 11) is 0. The van der Waals surface area contributed by atoms with E-state index in [1.165, 1.54) is 6.07 Å². The van der Waals surface area contributed by atoms with Gasteiger partial charge in [0.25, 0.3) is 0 Å². The van der Waals surface area contributed by atoms with E-state index in [9.17, 15) is 15.3 Å². The zero-order valence-corrected chi connectivity index (χ0v) is 12.4. The second-order valence-corrected chi connectivity index (χ2v) is 5.24. The summed E-state index contributed by atoms with van der Waals surface area (Å²) in [6.07, 6.45) is 0.608. The second kappa shape index (κ2) is 6.24. The lowest BCUT2D eigenvalue weighted by molar-refractivity contribution is 0.402. The number of hydrogen-bond donors (Lipinski definition) is 4. The van der Waals surface area contributed by atoms with Gasteiger partial charge in [-0.25, -0.2) is 0 Å². The van der Waals surface area contributed by atoms with Gasteiger partial charge in [0.05, 0.1) is 5.02 Å². The van der Waals surface area contributed by atoms with E-state index in [1.54, 1.807) is 24.3 Å². The fourth-order valence-electron chi connectivity index (χ4n) is 2.50. The van der Waals surface area contributed by atoms with E-state index in [-0.39, 0.29) is 28.2 Å². The maximum atomic E-state index is 9.82. The van der Waals surface area contributed by atoms with Crippen molar-refractivity contribution < 1.29 is 15.3 Å². The summed E-state index contributed by atoms with van der Waals surface area (Å²) in [5.41, 5.74) is 8.34. The SMILES string of the molecule is CCc1c(C(CN)c2ccc(O)cc2)cc(O)c(O)c1Cl. The van der Waals surface area contributed by atoms with Crippen LogP contribution >= 0.6 is 11.6 Å². The van der Waals surface area contributed by atoms with Crippen molar-refractivity contribution in [3.8, 4) is 17.2 Å². The Morgan fingerprint density at radius 2 is 1.76 bits per heavy atom. The van der Waals surface area contributed by atoms with Crippen molar-refractivity contribution in [2.24, 2.45) is 5.73 Å². The smallest absolute Gasteiger partial charge is 0.176 e. The number of rotatable bonds is 4. The van der Waals surface area contributed by atoms with Crippen LogP contribution in [-0.4, -0.2) is 21.9 Å². The minimum atomic E-state index is -0.307. The number of phenolic OH excluding ortho intramolecular Hbond substituents is 3. The van der Waals surface area contributed by atoms with Crippen molar-refractivity contribution in [1.82, 2.24) is 0 Å². The van der Waals surface area contributed by atoms with Gasteiger partial charge in [-0.3, -0.25) is 0 Å². The molecule has 112 valence electrons. The average molecular weight is 308 g/mol. The van der Waals surface area contributed by atoms with E-state index in [4.69, 9.17) is 17.3 Å². The lowest BCUT2D eigenvalue weighted by Crippen LogP contribution is -2.15. The third-order valence-corrected chi connectivity index (χ3v) is 4.02. The van der Waals surface area contributed by atoms with Crippen LogP contribution in [0.4, 0.5) is 0 Å². The van der Waals surface area contributed by atoms with E-state index in [0.29, 0.717) is 13.0 Å². The van der Waals surface area contributed by atoms with Crippen LogP contribution in [0.15, 0.2) is 30.3 Å². The fourth-order valence-corrected chi connectivity index (χ4v) is 2.84. The Balaban J connectivity index is 2.59. The van der Waals surface area contributed by atoms with Gasteiger partial charge in [0.2, 0.25) is 0 Å². The molecule has 5 heteroatoms. The van der Waals surface area contributed by atoms with E-state index in [0.717, 1.165) is 16.7 Å². The van der Waals surface area contributed by atoms with Gasteiger partial charge in [-0.2, -0.15) is 0 Å². The Morgan fingerprint density at radius 1 is 1.14 bits per heavy atom. The van der Waals surface area contributed by atoms with Crippen molar-refractivity contribution in [3.05, 3.63) is 52.0 Å². The molecule has 1 atom stereocenters. The molecule has 0 aliphatic heterocycles. The molecule has 1 unspecified atom stereocenters. The Kier molecular flexibility index (Phi) is 4.60. The Hall–Kier alpha value is -1.91. The van der Waals surface area contributed by atoms with Gasteiger partial charge in [0.1, 0.15) is 5.75 Å². The first-order chi connectivity index (χ1) is 9.99. The van der Waals surface area contributed by atoms with E-state index in [2.05, 4.69) is 0 Å². The number of aromatic hydroxyl groups is 3. The summed E-state index contributed by atoms with van der Waals surface area (Å²) in [6, 6.07) is 8.25. The number of halogens is 1. The average Bonchev–Trinajstić information content (AvgIpc) is 2.48. The third-order valence-electron chi connectivity index (χ3n) is 3.62. The van der Waals surface area contributed by atoms with Gasteiger partial charge in [0, 0.05) is 12.5 Å². The van der Waals surface area contributed by atoms with Crippen molar-refractivity contribution in [1.29, 1.82) is 0 Å². The minimum Gasteiger partial charge on any atom is -0.508 e. The molecule has 0 radical (unpaired) electrons. The van der Waals surface area contributed by atoms with E-state index in [1.807, 2.05) is 6.92 Å². The predicted molar refractivity (Wildman–Crippen MR) is 83.2 cm³/mol. The number of hydrogen-bond acceptors (Lipinski definition) is 4. The van der Waals surface area contributed by atoms with Crippen molar-refractivity contribution in [2.75, 3.05) is 6.54 Å². The van der Waals surface area contributed by atoms with E-state index >= 15 is 0 Å². The molecule has 0 fully saturated rings. The summed E-state index contributed by atoms with van der Waals surface area (Å²) in [5, 5.41) is 29.1. The molecule has 0 saturated heterocycles. The number of nitrogens with two attached hydrogens (primary N) is 1. The Bertz CT molecular complexity index is 641. The maximum Gasteiger partial charge on any atom is 0.176 e. The summed E-state index contributed by atoms with van der Waals surface area (Å²) in [5.74, 6) is -0.565. The molecule has 0 aliphatic rings. The third kappa shape index (κ3) is 2.91. The molecule has 2 aromatic carbocycles. The molecule has 0 saturated carbocycles. The first kappa shape index (κ1) is 15.5. The van der Waals surface area contributed by atoms with Crippen LogP contribution in [0.3, 0.4) is 0 Å². The summed E-state index contributed by atoms with van der Waals surface area (Å²) in [6.45, 7) is 2.24. The molecule has 2 rings (SSSR count). The topological polar surface area (TPSA) is 86.7 Å². The fraction of sp³-hybridized carbons (Fsp3) is 0.250. The minimum absolute atomic E-state index is 0.157. The quantitative estimate of drug-likeness (QED) is 0.654. The summed E-state index contributed by atoms with van der Waals surface area (Å²) < 4.78 is 0. The second-order valence-electron chi connectivity index (χ2n) is 4.86. The van der Waals surface area contributed by atoms with Crippen LogP contribution in [0.5, 0.6) is 17.2 Å². The van der Waals surface area contributed by atoms with Crippen molar-refractivity contribution in [2.45, 2.75) is 19.3 Å². The van der Waals surface area contributed by atoms with Gasteiger partial charge in [-0.15, -0.1) is 0 Å².